The molecule has 0 atom stereocenters. The summed E-state index contributed by atoms with van der Waals surface area (Å²) in [4.78, 5) is 13.3. The summed E-state index contributed by atoms with van der Waals surface area (Å²) in [7, 11) is -3.53. The number of benzene rings is 2. The Balaban J connectivity index is 1.85. The number of nitrogens with zero attached hydrogens (tertiary/aromatic N) is 4. The van der Waals surface area contributed by atoms with E-state index in [1.807, 2.05) is 19.1 Å². The van der Waals surface area contributed by atoms with Gasteiger partial charge in [-0.2, -0.15) is 5.26 Å². The summed E-state index contributed by atoms with van der Waals surface area (Å²) in [5.41, 5.74) is 3.67. The largest absolute Gasteiger partial charge is 0.249 e. The van der Waals surface area contributed by atoms with E-state index in [0.717, 1.165) is 22.2 Å². The fraction of sp³-hybridized carbons (Fsp3) is 0.143. The lowest BCUT2D eigenvalue weighted by Crippen LogP contribution is -2.05. The summed E-state index contributed by atoms with van der Waals surface area (Å²) in [5, 5.41) is 12.2. The van der Waals surface area contributed by atoms with Crippen LogP contribution in [0.2, 0.25) is 0 Å². The molecule has 2 aromatic carbocycles. The highest BCUT2D eigenvalue weighted by Gasteiger charge is 2.19. The molecule has 0 amide bonds. The van der Waals surface area contributed by atoms with Gasteiger partial charge in [0.25, 0.3) is 0 Å². The highest BCUT2D eigenvalue weighted by molar-refractivity contribution is 7.90. The van der Waals surface area contributed by atoms with Crippen molar-refractivity contribution in [1.29, 1.82) is 5.26 Å². The summed E-state index contributed by atoms with van der Waals surface area (Å²) in [6, 6.07) is 12.5. The first-order valence-electron chi connectivity index (χ1n) is 8.78. The van der Waals surface area contributed by atoms with Gasteiger partial charge >= 0.3 is 0 Å². The van der Waals surface area contributed by atoms with Gasteiger partial charge in [0.15, 0.2) is 9.84 Å². The number of hydrogen-bond donors (Lipinski definition) is 0. The van der Waals surface area contributed by atoms with Crippen LogP contribution in [0.3, 0.4) is 0 Å². The Bertz CT molecular complexity index is 1370. The van der Waals surface area contributed by atoms with Crippen LogP contribution in [0, 0.1) is 25.2 Å². The van der Waals surface area contributed by atoms with Crippen molar-refractivity contribution in [1.82, 2.24) is 15.0 Å². The third kappa shape index (κ3) is 3.75. The summed E-state index contributed by atoms with van der Waals surface area (Å²) in [6.07, 6.45) is 1.60. The third-order valence-corrected chi connectivity index (χ3v) is 7.13. The third-order valence-electron chi connectivity index (χ3n) is 4.55. The van der Waals surface area contributed by atoms with E-state index in [9.17, 15) is 8.42 Å². The van der Waals surface area contributed by atoms with E-state index in [4.69, 9.17) is 5.26 Å². The van der Waals surface area contributed by atoms with Crippen LogP contribution in [-0.2, 0) is 15.6 Å². The lowest BCUT2D eigenvalue weighted by molar-refractivity contribution is 0.595. The molecule has 0 N–H and O–H groups in total. The molecule has 0 aliphatic rings. The molecule has 2 aromatic heterocycles. The molecule has 0 aliphatic carbocycles. The van der Waals surface area contributed by atoms with E-state index in [2.05, 4.69) is 21.0 Å². The minimum Gasteiger partial charge on any atom is -0.249 e. The zero-order chi connectivity index (χ0) is 20.6. The van der Waals surface area contributed by atoms with Crippen LogP contribution in [0.1, 0.15) is 22.0 Å². The summed E-state index contributed by atoms with van der Waals surface area (Å²) < 4.78 is 25.6. The second-order valence-corrected chi connectivity index (χ2v) is 9.59. The second kappa shape index (κ2) is 7.35. The smallest absolute Gasteiger partial charge is 0.184 e. The van der Waals surface area contributed by atoms with Crippen LogP contribution in [-0.4, -0.2) is 23.4 Å². The van der Waals surface area contributed by atoms with E-state index >= 15 is 0 Å². The minimum atomic E-state index is -3.53. The maximum Gasteiger partial charge on any atom is 0.184 e. The van der Waals surface area contributed by atoms with Crippen LogP contribution in [0.4, 0.5) is 0 Å². The number of nitriles is 1. The fourth-order valence-electron chi connectivity index (χ4n) is 3.19. The van der Waals surface area contributed by atoms with Crippen LogP contribution in [0.15, 0.2) is 52.9 Å². The van der Waals surface area contributed by atoms with Crippen molar-refractivity contribution >= 4 is 32.1 Å². The SMILES string of the molecule is Cc1nc(-c2ccc(C#N)cc2C)c2ccc(S(=O)(=O)Cc3nccs3)cc2n1. The van der Waals surface area contributed by atoms with E-state index in [1.165, 1.54) is 11.3 Å². The first kappa shape index (κ1) is 19.2. The molecule has 0 saturated carbocycles. The van der Waals surface area contributed by atoms with Gasteiger partial charge in [0.05, 0.1) is 27.7 Å². The molecule has 29 heavy (non-hydrogen) atoms. The molecule has 144 valence electrons. The average molecular weight is 421 g/mol. The molecule has 0 bridgehead atoms. The molecule has 2 heterocycles. The molecule has 0 fully saturated rings. The summed E-state index contributed by atoms with van der Waals surface area (Å²) >= 11 is 1.32. The van der Waals surface area contributed by atoms with Crippen LogP contribution >= 0.6 is 11.3 Å². The maximum atomic E-state index is 12.8. The predicted molar refractivity (Wildman–Crippen MR) is 112 cm³/mol. The number of thiazole rings is 1. The van der Waals surface area contributed by atoms with Gasteiger partial charge in [-0.1, -0.05) is 6.07 Å². The maximum absolute atomic E-state index is 12.8. The quantitative estimate of drug-likeness (QED) is 0.490. The average Bonchev–Trinajstić information content (AvgIpc) is 3.19. The molecule has 0 saturated heterocycles. The number of fused-ring (bicyclic) bond motifs is 1. The molecule has 0 aliphatic heterocycles. The van der Waals surface area contributed by atoms with Crippen LogP contribution < -0.4 is 0 Å². The topological polar surface area (TPSA) is 96.6 Å². The van der Waals surface area contributed by atoms with Gasteiger partial charge in [-0.25, -0.2) is 23.4 Å². The lowest BCUT2D eigenvalue weighted by atomic mass is 10.00. The highest BCUT2D eigenvalue weighted by atomic mass is 32.2. The number of aromatic nitrogens is 3. The van der Waals surface area contributed by atoms with E-state index in [-0.39, 0.29) is 10.6 Å². The lowest BCUT2D eigenvalue weighted by Gasteiger charge is -2.11. The second-order valence-electron chi connectivity index (χ2n) is 6.62. The Kier molecular flexibility index (Phi) is 4.86. The predicted octanol–water partition coefficient (Wildman–Crippen LogP) is 4.22. The van der Waals surface area contributed by atoms with Crippen molar-refractivity contribution in [3.05, 3.63) is 69.9 Å². The molecule has 4 rings (SSSR count). The molecule has 6 nitrogen and oxygen atoms in total. The first-order valence-corrected chi connectivity index (χ1v) is 11.3. The standard InChI is InChI=1S/C21H16N4O2S2/c1-13-9-15(11-22)3-5-17(13)21-18-6-4-16(10-19(18)24-14(2)25-21)29(26,27)12-20-23-7-8-28-20/h3-10H,12H2,1-2H3. The van der Waals surface area contributed by atoms with Gasteiger partial charge in [-0.3, -0.25) is 0 Å². The molecule has 4 aromatic rings. The van der Waals surface area contributed by atoms with Gasteiger partial charge in [0, 0.05) is 22.5 Å². The first-order chi connectivity index (χ1) is 13.9. The number of aryl methyl sites for hydroxylation is 2. The van der Waals surface area contributed by atoms with Gasteiger partial charge in [-0.05, 0) is 49.7 Å². The molecule has 0 unspecified atom stereocenters. The number of rotatable bonds is 4. The van der Waals surface area contributed by atoms with Crippen molar-refractivity contribution < 1.29 is 8.42 Å². The number of sulfone groups is 1. The molecule has 0 spiro atoms. The Labute approximate surface area is 172 Å². The van der Waals surface area contributed by atoms with E-state index in [0.29, 0.717) is 21.9 Å². The molecule has 8 heteroatoms. The molecular formula is C21H16N4O2S2. The van der Waals surface area contributed by atoms with Crippen molar-refractivity contribution in [2.45, 2.75) is 24.5 Å². The molecule has 0 radical (unpaired) electrons. The Morgan fingerprint density at radius 3 is 2.62 bits per heavy atom. The van der Waals surface area contributed by atoms with E-state index < -0.39 is 9.84 Å². The van der Waals surface area contributed by atoms with Gasteiger partial charge in [0.1, 0.15) is 16.6 Å². The van der Waals surface area contributed by atoms with Crippen molar-refractivity contribution in [2.75, 3.05) is 0 Å². The van der Waals surface area contributed by atoms with Crippen LogP contribution in [0.5, 0.6) is 0 Å². The number of hydrogen-bond acceptors (Lipinski definition) is 7. The monoisotopic (exact) mass is 420 g/mol. The van der Waals surface area contributed by atoms with Crippen molar-refractivity contribution in [2.24, 2.45) is 0 Å². The Morgan fingerprint density at radius 2 is 1.93 bits per heavy atom. The highest BCUT2D eigenvalue weighted by Crippen LogP contribution is 2.31. The van der Waals surface area contributed by atoms with E-state index in [1.54, 1.807) is 42.8 Å². The zero-order valence-corrected chi connectivity index (χ0v) is 17.4. The normalized spacial score (nSPS) is 11.5. The van der Waals surface area contributed by atoms with Gasteiger partial charge in [-0.15, -0.1) is 11.3 Å². The summed E-state index contributed by atoms with van der Waals surface area (Å²) in [5.74, 6) is 0.410. The van der Waals surface area contributed by atoms with Crippen molar-refractivity contribution in [3.63, 3.8) is 0 Å². The fourth-order valence-corrected chi connectivity index (χ4v) is 5.46. The van der Waals surface area contributed by atoms with Crippen LogP contribution in [0.25, 0.3) is 22.2 Å². The zero-order valence-electron chi connectivity index (χ0n) is 15.7. The Morgan fingerprint density at radius 1 is 1.10 bits per heavy atom. The minimum absolute atomic E-state index is 0.137. The Hall–Kier alpha value is -3.15. The van der Waals surface area contributed by atoms with Gasteiger partial charge in [0.2, 0.25) is 0 Å². The summed E-state index contributed by atoms with van der Waals surface area (Å²) in [6.45, 7) is 3.70. The molecular weight excluding hydrogens is 404 g/mol. The van der Waals surface area contributed by atoms with Crippen molar-refractivity contribution in [3.8, 4) is 17.3 Å². The van der Waals surface area contributed by atoms with Gasteiger partial charge < -0.3 is 0 Å².